The number of hydrogen-bond donors (Lipinski definition) is 1. The molecule has 2 aliphatic carbocycles. The molecule has 2 atom stereocenters. The fraction of sp³-hybridized carbons (Fsp3) is 0.385. The molecule has 3 aromatic heterocycles. The number of benzene rings is 1. The first-order valence-corrected chi connectivity index (χ1v) is 11.8. The van der Waals surface area contributed by atoms with E-state index in [1.54, 1.807) is 26.1 Å². The molecule has 0 aliphatic heterocycles. The van der Waals surface area contributed by atoms with Gasteiger partial charge in [0.15, 0.2) is 0 Å². The lowest BCUT2D eigenvalue weighted by molar-refractivity contribution is 0.0661. The van der Waals surface area contributed by atoms with E-state index in [9.17, 15) is 13.9 Å². The van der Waals surface area contributed by atoms with Gasteiger partial charge >= 0.3 is 0 Å². The third-order valence-corrected chi connectivity index (χ3v) is 7.87. The average molecular weight is 491 g/mol. The Hall–Kier alpha value is -3.66. The smallest absolute Gasteiger partial charge is 0.278 e. The quantitative estimate of drug-likeness (QED) is 0.439. The lowest BCUT2D eigenvalue weighted by atomic mass is 9.66. The third kappa shape index (κ3) is 3.00. The second kappa shape index (κ2) is 7.42. The molecule has 184 valence electrons. The number of halogens is 2. The van der Waals surface area contributed by atoms with Crippen LogP contribution in [0.25, 0.3) is 22.8 Å². The Bertz CT molecular complexity index is 1490. The minimum absolute atomic E-state index is 0.104. The molecule has 10 heteroatoms. The van der Waals surface area contributed by atoms with E-state index in [1.807, 2.05) is 0 Å². The van der Waals surface area contributed by atoms with Crippen molar-refractivity contribution in [1.82, 2.24) is 30.3 Å². The number of aromatic nitrogens is 6. The summed E-state index contributed by atoms with van der Waals surface area (Å²) in [6.07, 6.45) is 4.88. The van der Waals surface area contributed by atoms with E-state index in [-0.39, 0.29) is 34.3 Å². The highest BCUT2D eigenvalue weighted by atomic mass is 19.1. The Morgan fingerprint density at radius 3 is 2.50 bits per heavy atom. The number of aliphatic hydroxyl groups is 1. The molecule has 1 fully saturated rings. The van der Waals surface area contributed by atoms with Gasteiger partial charge in [-0.3, -0.25) is 4.98 Å². The van der Waals surface area contributed by atoms with Crippen LogP contribution >= 0.6 is 0 Å². The summed E-state index contributed by atoms with van der Waals surface area (Å²) in [6.45, 7) is 7.45. The Balaban J connectivity index is 1.48. The van der Waals surface area contributed by atoms with Crippen molar-refractivity contribution >= 4 is 0 Å². The van der Waals surface area contributed by atoms with Gasteiger partial charge in [0.05, 0.1) is 34.3 Å². The molecule has 0 spiro atoms. The summed E-state index contributed by atoms with van der Waals surface area (Å²) in [6, 6.07) is 5.52. The summed E-state index contributed by atoms with van der Waals surface area (Å²) in [5.74, 6) is -0.948. The molecular weight excluding hydrogens is 466 g/mol. The SMILES string of the molecule is CC(C)(O)c1noc(-c2cncc([C@@]34CC[C@@H](c5cc(-c6c(F)cccc6F)nnc53)C4(C)C)n2)n1. The Kier molecular flexibility index (Phi) is 4.70. The fourth-order valence-electron chi connectivity index (χ4n) is 6.01. The molecule has 36 heavy (non-hydrogen) atoms. The van der Waals surface area contributed by atoms with E-state index in [0.717, 1.165) is 24.1 Å². The van der Waals surface area contributed by atoms with Crippen molar-refractivity contribution in [2.45, 2.75) is 57.5 Å². The van der Waals surface area contributed by atoms with Crippen LogP contribution in [0.15, 0.2) is 41.2 Å². The molecule has 0 amide bonds. The molecule has 8 nitrogen and oxygen atoms in total. The van der Waals surface area contributed by atoms with E-state index in [4.69, 9.17) is 9.51 Å². The van der Waals surface area contributed by atoms with Gasteiger partial charge in [0.1, 0.15) is 22.9 Å². The van der Waals surface area contributed by atoms with Crippen molar-refractivity contribution < 1.29 is 18.4 Å². The van der Waals surface area contributed by atoms with Crippen LogP contribution in [-0.2, 0) is 11.0 Å². The maximum absolute atomic E-state index is 14.5. The number of nitrogens with zero attached hydrogens (tertiary/aromatic N) is 6. The van der Waals surface area contributed by atoms with Gasteiger partial charge in [0.2, 0.25) is 5.82 Å². The zero-order chi connectivity index (χ0) is 25.5. The summed E-state index contributed by atoms with van der Waals surface area (Å²) >= 11 is 0. The molecule has 2 aliphatic rings. The monoisotopic (exact) mass is 490 g/mol. The molecule has 1 N–H and O–H groups in total. The van der Waals surface area contributed by atoms with Crippen LogP contribution in [0.3, 0.4) is 0 Å². The van der Waals surface area contributed by atoms with Gasteiger partial charge < -0.3 is 9.63 Å². The standard InChI is InChI=1S/C26H24F2N6O2/c1-24(2)14-8-9-26(24,19-12-29-11-18(30-19)22-31-23(34-36-22)25(3,4)35)21-13(14)10-17(32-33-21)20-15(27)6-5-7-16(20)28/h5-7,10-12,14,35H,8-9H2,1-4H3/t14-,26-/m0/s1. The van der Waals surface area contributed by atoms with E-state index in [1.165, 1.54) is 24.4 Å². The van der Waals surface area contributed by atoms with E-state index >= 15 is 0 Å². The molecule has 0 radical (unpaired) electrons. The molecule has 2 bridgehead atoms. The number of hydrogen-bond acceptors (Lipinski definition) is 8. The van der Waals surface area contributed by atoms with Gasteiger partial charge in [-0.2, -0.15) is 10.1 Å². The predicted octanol–water partition coefficient (Wildman–Crippen LogP) is 4.69. The molecule has 0 saturated heterocycles. The van der Waals surface area contributed by atoms with E-state index in [0.29, 0.717) is 11.4 Å². The third-order valence-electron chi connectivity index (χ3n) is 7.87. The van der Waals surface area contributed by atoms with Gasteiger partial charge in [-0.1, -0.05) is 25.1 Å². The van der Waals surface area contributed by atoms with Gasteiger partial charge in [-0.15, -0.1) is 5.10 Å². The lowest BCUT2D eigenvalue weighted by Gasteiger charge is -2.37. The highest BCUT2D eigenvalue weighted by molar-refractivity contribution is 5.64. The van der Waals surface area contributed by atoms with Crippen molar-refractivity contribution in [2.24, 2.45) is 5.41 Å². The second-order valence-electron chi connectivity index (χ2n) is 10.6. The molecule has 1 saturated carbocycles. The van der Waals surface area contributed by atoms with Crippen molar-refractivity contribution in [3.05, 3.63) is 71.1 Å². The van der Waals surface area contributed by atoms with Gasteiger partial charge in [-0.05, 0) is 61.8 Å². The zero-order valence-corrected chi connectivity index (χ0v) is 20.3. The van der Waals surface area contributed by atoms with Gasteiger partial charge in [0.25, 0.3) is 5.89 Å². The van der Waals surface area contributed by atoms with Crippen LogP contribution in [0.2, 0.25) is 0 Å². The largest absolute Gasteiger partial charge is 0.382 e. The Morgan fingerprint density at radius 2 is 1.81 bits per heavy atom. The topological polar surface area (TPSA) is 111 Å². The Morgan fingerprint density at radius 1 is 1.06 bits per heavy atom. The highest BCUT2D eigenvalue weighted by Crippen LogP contribution is 2.69. The molecule has 4 aromatic rings. The van der Waals surface area contributed by atoms with Crippen LogP contribution in [0, 0.1) is 17.0 Å². The zero-order valence-electron chi connectivity index (χ0n) is 20.3. The summed E-state index contributed by atoms with van der Waals surface area (Å²) in [7, 11) is 0. The lowest BCUT2D eigenvalue weighted by Crippen LogP contribution is -2.38. The van der Waals surface area contributed by atoms with E-state index < -0.39 is 22.7 Å². The average Bonchev–Trinajstić information content (AvgIpc) is 3.48. The summed E-state index contributed by atoms with van der Waals surface area (Å²) in [5, 5.41) is 22.9. The Labute approximate surface area is 205 Å². The minimum Gasteiger partial charge on any atom is -0.382 e. The van der Waals surface area contributed by atoms with Crippen LogP contribution < -0.4 is 0 Å². The molecular formula is C26H24F2N6O2. The molecule has 1 aromatic carbocycles. The maximum Gasteiger partial charge on any atom is 0.278 e. The summed E-state index contributed by atoms with van der Waals surface area (Å²) in [5.41, 5.74) is 0.568. The van der Waals surface area contributed by atoms with E-state index in [2.05, 4.69) is 39.2 Å². The van der Waals surface area contributed by atoms with Gasteiger partial charge in [-0.25, -0.2) is 13.8 Å². The molecule has 3 heterocycles. The van der Waals surface area contributed by atoms with Crippen LogP contribution in [0.4, 0.5) is 8.78 Å². The number of fused-ring (bicyclic) bond motifs is 5. The molecule has 0 unspecified atom stereocenters. The second-order valence-corrected chi connectivity index (χ2v) is 10.6. The highest BCUT2D eigenvalue weighted by Gasteiger charge is 2.65. The normalized spacial score (nSPS) is 22.1. The minimum atomic E-state index is -1.26. The molecule has 6 rings (SSSR count). The van der Waals surface area contributed by atoms with Gasteiger partial charge in [0, 0.05) is 6.20 Å². The fourth-order valence-corrected chi connectivity index (χ4v) is 6.01. The summed E-state index contributed by atoms with van der Waals surface area (Å²) in [4.78, 5) is 13.6. The maximum atomic E-state index is 14.5. The van der Waals surface area contributed by atoms with Crippen LogP contribution in [0.1, 0.15) is 69.2 Å². The van der Waals surface area contributed by atoms with Crippen molar-refractivity contribution in [2.75, 3.05) is 0 Å². The number of rotatable bonds is 4. The van der Waals surface area contributed by atoms with Crippen molar-refractivity contribution in [3.63, 3.8) is 0 Å². The summed E-state index contributed by atoms with van der Waals surface area (Å²) < 4.78 is 34.3. The first-order chi connectivity index (χ1) is 17.0. The van der Waals surface area contributed by atoms with Crippen LogP contribution in [0.5, 0.6) is 0 Å². The van der Waals surface area contributed by atoms with Crippen LogP contribution in [-0.4, -0.2) is 35.4 Å². The first kappa shape index (κ1) is 22.8. The van der Waals surface area contributed by atoms with Crippen molar-refractivity contribution in [1.29, 1.82) is 0 Å². The first-order valence-electron chi connectivity index (χ1n) is 11.8. The predicted molar refractivity (Wildman–Crippen MR) is 124 cm³/mol. The van der Waals surface area contributed by atoms with Crippen molar-refractivity contribution in [3.8, 4) is 22.8 Å².